The number of aromatic amines is 1. The minimum Gasteiger partial charge on any atom is -0.376 e. The van der Waals surface area contributed by atoms with Crippen LogP contribution in [0.2, 0.25) is 0 Å². The Balaban J connectivity index is 2.49. The van der Waals surface area contributed by atoms with Gasteiger partial charge in [0.1, 0.15) is 0 Å². The normalized spacial score (nSPS) is 11.2. The summed E-state index contributed by atoms with van der Waals surface area (Å²) >= 11 is 3.30. The predicted octanol–water partition coefficient (Wildman–Crippen LogP) is 2.00. The molecule has 0 aliphatic rings. The van der Waals surface area contributed by atoms with Crippen molar-refractivity contribution in [2.45, 2.75) is 4.90 Å². The van der Waals surface area contributed by atoms with Crippen molar-refractivity contribution in [1.82, 2.24) is 4.98 Å². The van der Waals surface area contributed by atoms with Gasteiger partial charge in [-0.2, -0.15) is 0 Å². The number of nitrogens with zero attached hydrogens (tertiary/aromatic N) is 1. The summed E-state index contributed by atoms with van der Waals surface area (Å²) in [6.45, 7) is 0. The van der Waals surface area contributed by atoms with Gasteiger partial charge in [-0.3, -0.25) is 9.52 Å². The van der Waals surface area contributed by atoms with Crippen molar-refractivity contribution < 1.29 is 8.42 Å². The highest BCUT2D eigenvalue weighted by atomic mass is 79.9. The molecule has 0 saturated heterocycles. The lowest BCUT2D eigenvalue weighted by Gasteiger charge is -2.18. The monoisotopic (exact) mass is 371 g/mol. The number of anilines is 2. The van der Waals surface area contributed by atoms with Crippen LogP contribution in [-0.2, 0) is 10.0 Å². The van der Waals surface area contributed by atoms with Gasteiger partial charge in [0.05, 0.1) is 11.4 Å². The maximum absolute atomic E-state index is 12.3. The van der Waals surface area contributed by atoms with Gasteiger partial charge >= 0.3 is 0 Å². The summed E-state index contributed by atoms with van der Waals surface area (Å²) in [4.78, 5) is 15.7. The van der Waals surface area contributed by atoms with E-state index in [-0.39, 0.29) is 4.90 Å². The van der Waals surface area contributed by atoms with Crippen LogP contribution in [0.25, 0.3) is 0 Å². The lowest BCUT2D eigenvalue weighted by Crippen LogP contribution is -2.22. The molecule has 1 aromatic heterocycles. The number of sulfonamides is 1. The molecule has 0 fully saturated rings. The van der Waals surface area contributed by atoms with Gasteiger partial charge in [0.15, 0.2) is 4.90 Å². The first-order chi connectivity index (χ1) is 9.81. The predicted molar refractivity (Wildman–Crippen MR) is 86.3 cm³/mol. The molecule has 2 rings (SSSR count). The molecular formula is C13H14BrN3O3S. The smallest absolute Gasteiger partial charge is 0.267 e. The zero-order chi connectivity index (χ0) is 15.6. The van der Waals surface area contributed by atoms with Crippen LogP contribution in [0.4, 0.5) is 11.4 Å². The summed E-state index contributed by atoms with van der Waals surface area (Å²) < 4.78 is 27.9. The molecule has 0 spiro atoms. The average Bonchev–Trinajstić information content (AvgIpc) is 2.38. The minimum atomic E-state index is -3.96. The topological polar surface area (TPSA) is 82.3 Å². The van der Waals surface area contributed by atoms with Crippen molar-refractivity contribution >= 4 is 37.3 Å². The average molecular weight is 372 g/mol. The number of hydrogen-bond donors (Lipinski definition) is 2. The molecule has 6 nitrogen and oxygen atoms in total. The van der Waals surface area contributed by atoms with E-state index in [2.05, 4.69) is 25.6 Å². The number of rotatable bonds is 4. The van der Waals surface area contributed by atoms with Gasteiger partial charge < -0.3 is 9.88 Å². The molecule has 0 bridgehead atoms. The van der Waals surface area contributed by atoms with E-state index in [4.69, 9.17) is 0 Å². The van der Waals surface area contributed by atoms with E-state index in [0.29, 0.717) is 11.4 Å². The molecule has 0 unspecified atom stereocenters. The highest BCUT2D eigenvalue weighted by Crippen LogP contribution is 2.29. The Morgan fingerprint density at radius 2 is 1.95 bits per heavy atom. The van der Waals surface area contributed by atoms with Crippen molar-refractivity contribution in [1.29, 1.82) is 0 Å². The van der Waals surface area contributed by atoms with Crippen LogP contribution >= 0.6 is 15.9 Å². The maximum atomic E-state index is 12.3. The summed E-state index contributed by atoms with van der Waals surface area (Å²) in [7, 11) is -0.354. The zero-order valence-electron chi connectivity index (χ0n) is 11.4. The highest BCUT2D eigenvalue weighted by molar-refractivity contribution is 9.10. The summed E-state index contributed by atoms with van der Waals surface area (Å²) in [6, 6.07) is 6.39. The molecule has 2 aromatic rings. The van der Waals surface area contributed by atoms with E-state index in [1.165, 1.54) is 12.3 Å². The molecule has 112 valence electrons. The van der Waals surface area contributed by atoms with Crippen molar-refractivity contribution in [2.24, 2.45) is 0 Å². The third-order valence-electron chi connectivity index (χ3n) is 2.76. The molecule has 8 heteroatoms. The van der Waals surface area contributed by atoms with Crippen LogP contribution in [0, 0.1) is 0 Å². The van der Waals surface area contributed by atoms with Gasteiger partial charge in [0, 0.05) is 37.0 Å². The van der Waals surface area contributed by atoms with Gasteiger partial charge in [-0.1, -0.05) is 15.9 Å². The molecule has 0 saturated carbocycles. The van der Waals surface area contributed by atoms with Crippen LogP contribution in [-0.4, -0.2) is 27.5 Å². The van der Waals surface area contributed by atoms with Gasteiger partial charge in [0.2, 0.25) is 5.43 Å². The first-order valence-electron chi connectivity index (χ1n) is 5.98. The first kappa shape index (κ1) is 15.6. The molecule has 21 heavy (non-hydrogen) atoms. The SMILES string of the molecule is CN(C)c1ccc(Br)cc1NS(=O)(=O)c1c[nH]ccc1=O. The van der Waals surface area contributed by atoms with E-state index in [0.717, 1.165) is 10.7 Å². The second-order valence-electron chi connectivity index (χ2n) is 4.53. The molecule has 1 heterocycles. The van der Waals surface area contributed by atoms with Crippen molar-refractivity contribution in [3.8, 4) is 0 Å². The minimum absolute atomic E-state index is 0.324. The molecule has 0 aliphatic heterocycles. The van der Waals surface area contributed by atoms with Crippen LogP contribution < -0.4 is 15.1 Å². The molecule has 2 N–H and O–H groups in total. The van der Waals surface area contributed by atoms with Crippen molar-refractivity contribution in [3.63, 3.8) is 0 Å². The third kappa shape index (κ3) is 3.45. The molecule has 0 amide bonds. The summed E-state index contributed by atoms with van der Waals surface area (Å²) in [5.74, 6) is 0. The first-order valence-corrected chi connectivity index (χ1v) is 8.25. The standard InChI is InChI=1S/C13H14BrN3O3S/c1-17(2)11-4-3-9(14)7-10(11)16-21(19,20)13-8-15-6-5-12(13)18/h3-8,16H,1-2H3,(H,15,18). The Morgan fingerprint density at radius 3 is 2.57 bits per heavy atom. The van der Waals surface area contributed by atoms with E-state index >= 15 is 0 Å². The Labute approximate surface area is 131 Å². The lowest BCUT2D eigenvalue weighted by atomic mass is 10.2. The van der Waals surface area contributed by atoms with E-state index in [9.17, 15) is 13.2 Å². The summed E-state index contributed by atoms with van der Waals surface area (Å²) in [5, 5.41) is 0. The van der Waals surface area contributed by atoms with E-state index < -0.39 is 15.5 Å². The van der Waals surface area contributed by atoms with Crippen LogP contribution in [0.5, 0.6) is 0 Å². The lowest BCUT2D eigenvalue weighted by molar-refractivity contribution is 0.600. The molecule has 0 aliphatic carbocycles. The van der Waals surface area contributed by atoms with Gasteiger partial charge in [0.25, 0.3) is 10.0 Å². The number of halogens is 1. The Morgan fingerprint density at radius 1 is 1.24 bits per heavy atom. The fourth-order valence-electron chi connectivity index (χ4n) is 1.79. The molecule has 1 aromatic carbocycles. The zero-order valence-corrected chi connectivity index (χ0v) is 13.8. The second kappa shape index (κ2) is 5.90. The fourth-order valence-corrected chi connectivity index (χ4v) is 3.27. The largest absolute Gasteiger partial charge is 0.376 e. The molecule has 0 atom stereocenters. The van der Waals surface area contributed by atoms with Crippen molar-refractivity contribution in [2.75, 3.05) is 23.7 Å². The second-order valence-corrected chi connectivity index (χ2v) is 7.10. The maximum Gasteiger partial charge on any atom is 0.267 e. The number of hydrogen-bond acceptors (Lipinski definition) is 4. The Hall–Kier alpha value is -1.80. The number of aromatic nitrogens is 1. The Bertz CT molecular complexity index is 815. The van der Waals surface area contributed by atoms with Gasteiger partial charge in [-0.05, 0) is 18.2 Å². The van der Waals surface area contributed by atoms with Gasteiger partial charge in [-0.15, -0.1) is 0 Å². The van der Waals surface area contributed by atoms with Gasteiger partial charge in [-0.25, -0.2) is 8.42 Å². The Kier molecular flexibility index (Phi) is 4.38. The van der Waals surface area contributed by atoms with E-state index in [1.807, 2.05) is 6.07 Å². The number of benzene rings is 1. The molecule has 0 radical (unpaired) electrons. The van der Waals surface area contributed by atoms with Crippen molar-refractivity contribution in [3.05, 3.63) is 51.4 Å². The highest BCUT2D eigenvalue weighted by Gasteiger charge is 2.19. The molecular weight excluding hydrogens is 358 g/mol. The number of H-pyrrole nitrogens is 1. The summed E-state index contributed by atoms with van der Waals surface area (Å²) in [6.07, 6.45) is 2.55. The third-order valence-corrected chi connectivity index (χ3v) is 4.64. The number of nitrogens with one attached hydrogen (secondary N) is 2. The van der Waals surface area contributed by atoms with Crippen LogP contribution in [0.3, 0.4) is 0 Å². The summed E-state index contributed by atoms with van der Waals surface area (Å²) in [5.41, 5.74) is 0.509. The fraction of sp³-hybridized carbons (Fsp3) is 0.154. The van der Waals surface area contributed by atoms with Crippen LogP contribution in [0.15, 0.2) is 50.8 Å². The number of pyridine rings is 1. The van der Waals surface area contributed by atoms with Crippen LogP contribution in [0.1, 0.15) is 0 Å². The van der Waals surface area contributed by atoms with E-state index in [1.54, 1.807) is 31.1 Å². The quantitative estimate of drug-likeness (QED) is 0.860.